The van der Waals surface area contributed by atoms with E-state index in [0.29, 0.717) is 11.4 Å². The van der Waals surface area contributed by atoms with Gasteiger partial charge in [0.05, 0.1) is 35.8 Å². The molecule has 0 bridgehead atoms. The van der Waals surface area contributed by atoms with Crippen LogP contribution in [0.4, 0.5) is 8.78 Å². The molecule has 0 atom stereocenters. The molecule has 11 nitrogen and oxygen atoms in total. The van der Waals surface area contributed by atoms with Crippen LogP contribution in [-0.2, 0) is 39.0 Å². The normalized spacial score (nSPS) is 10.4. The Kier molecular flexibility index (Phi) is 30.5. The van der Waals surface area contributed by atoms with Crippen LogP contribution in [0.2, 0.25) is 0 Å². The number of hydrogen-bond acceptors (Lipinski definition) is 7. The van der Waals surface area contributed by atoms with Gasteiger partial charge in [0.2, 0.25) is 0 Å². The predicted molar refractivity (Wildman–Crippen MR) is 487 cm³/mol. The number of rotatable bonds is 14. The molecule has 20 aromatic rings. The molecule has 0 unspecified atom stereocenters. The Hall–Kier alpha value is -14.7. The molecule has 0 spiro atoms. The van der Waals surface area contributed by atoms with Crippen molar-refractivity contribution < 1.29 is 47.7 Å². The van der Waals surface area contributed by atoms with Crippen molar-refractivity contribution in [2.24, 2.45) is 0 Å². The van der Waals surface area contributed by atoms with Gasteiger partial charge in [0.1, 0.15) is 11.6 Å². The standard InChI is InChI=1S/2C21H15N2.C17H10F2N.2C17H15N2.C16H11N2.2Rh/c2*1-3-7-17(8-4-1)18-11-13-19(14-12-18)20-15-22-23(16-20)21-9-5-2-6-10-21;18-15-10-16(19)17(20-11-15)14-8-4-7-13(9-14)12-5-2-1-3-6-12;2*1-13-17(15-9-5-3-6-10-15)14(2)19(18-13)16-11-7-4-8-12-16;1-2-6-13(7-3-1)14-8-4-9-15(12-14)16-17-10-5-11-18-16;;/h2*1-9,11-16H;1-7,9-11H;2*3-11H,1-2H3;1-8,10-12H;;/q6*-1;2*+3. The van der Waals surface area contributed by atoms with Crippen molar-refractivity contribution in [3.05, 3.63) is 490 Å². The first kappa shape index (κ1) is 87.1. The maximum absolute atomic E-state index is 13.7. The van der Waals surface area contributed by atoms with Crippen LogP contribution in [-0.4, -0.2) is 54.1 Å². The third-order valence-electron chi connectivity index (χ3n) is 19.9. The Morgan fingerprint density at radius 3 is 0.935 bits per heavy atom. The van der Waals surface area contributed by atoms with Gasteiger partial charge in [-0.2, -0.15) is 117 Å². The number of para-hydroxylation sites is 4. The van der Waals surface area contributed by atoms with E-state index < -0.39 is 11.6 Å². The van der Waals surface area contributed by atoms with E-state index in [4.69, 9.17) is 0 Å². The smallest absolute Gasteiger partial charge is 0.299 e. The first-order chi connectivity index (χ1) is 60.0. The van der Waals surface area contributed by atoms with Crippen LogP contribution in [0, 0.1) is 75.7 Å². The Bertz CT molecular complexity index is 6300. The number of halogens is 2. The number of aryl methyl sites for hydroxylation is 2. The van der Waals surface area contributed by atoms with E-state index in [1.165, 1.54) is 50.1 Å². The van der Waals surface area contributed by atoms with E-state index in [1.54, 1.807) is 24.5 Å². The van der Waals surface area contributed by atoms with Gasteiger partial charge in [0.15, 0.2) is 0 Å². The molecule has 0 amide bonds. The summed E-state index contributed by atoms with van der Waals surface area (Å²) >= 11 is 0. The molecule has 15 heteroatoms. The van der Waals surface area contributed by atoms with Crippen LogP contribution >= 0.6 is 0 Å². The zero-order valence-electron chi connectivity index (χ0n) is 68.2. The summed E-state index contributed by atoms with van der Waals surface area (Å²) in [4.78, 5) is 12.3. The Morgan fingerprint density at radius 2 is 0.581 bits per heavy atom. The second kappa shape index (κ2) is 43.5. The molecule has 0 N–H and O–H groups in total. The van der Waals surface area contributed by atoms with Crippen LogP contribution in [0.15, 0.2) is 419 Å². The molecule has 0 aliphatic carbocycles. The van der Waals surface area contributed by atoms with Crippen molar-refractivity contribution in [3.8, 4) is 134 Å². The molecule has 0 saturated heterocycles. The van der Waals surface area contributed by atoms with Gasteiger partial charge in [-0.1, -0.05) is 231 Å². The zero-order valence-corrected chi connectivity index (χ0v) is 71.5. The van der Waals surface area contributed by atoms with Crippen molar-refractivity contribution >= 4 is 0 Å². The monoisotopic (exact) mass is 1790 g/mol. The van der Waals surface area contributed by atoms with Gasteiger partial charge >= 0.3 is 39.0 Å². The predicted octanol–water partition coefficient (Wildman–Crippen LogP) is 26.0. The maximum Gasteiger partial charge on any atom is 3.00 e. The Balaban J connectivity index is 0.000000128. The Morgan fingerprint density at radius 1 is 0.266 bits per heavy atom. The van der Waals surface area contributed by atoms with Crippen molar-refractivity contribution in [2.45, 2.75) is 27.7 Å². The van der Waals surface area contributed by atoms with Gasteiger partial charge in [-0.3, -0.25) is 33.7 Å². The first-order valence-corrected chi connectivity index (χ1v) is 39.8. The molecule has 0 radical (unpaired) electrons. The van der Waals surface area contributed by atoms with Gasteiger partial charge in [-0.05, 0) is 112 Å². The van der Waals surface area contributed by atoms with Gasteiger partial charge in [0.25, 0.3) is 0 Å². The minimum atomic E-state index is -0.689. The molecule has 20 rings (SSSR count). The molecule has 14 aromatic carbocycles. The van der Waals surface area contributed by atoms with Crippen LogP contribution < -0.4 is 0 Å². The number of hydrogen-bond donors (Lipinski definition) is 0. The van der Waals surface area contributed by atoms with Crippen LogP contribution in [0.3, 0.4) is 0 Å². The molecule has 0 aliphatic heterocycles. The van der Waals surface area contributed by atoms with Gasteiger partial charge in [-0.25, -0.2) is 8.78 Å². The van der Waals surface area contributed by atoms with Crippen LogP contribution in [0.25, 0.3) is 134 Å². The molecular weight excluding hydrogens is 1710 g/mol. The first-order valence-electron chi connectivity index (χ1n) is 39.8. The van der Waals surface area contributed by atoms with Crippen LogP contribution in [0.1, 0.15) is 22.8 Å². The van der Waals surface area contributed by atoms with E-state index in [0.717, 1.165) is 102 Å². The quantitative estimate of drug-likeness (QED) is 0.0788. The van der Waals surface area contributed by atoms with E-state index in [9.17, 15) is 8.78 Å². The summed E-state index contributed by atoms with van der Waals surface area (Å²) in [5.41, 5.74) is 28.3. The number of aromatic nitrogens is 11. The topological polar surface area (TPSA) is 110 Å². The third-order valence-corrected chi connectivity index (χ3v) is 19.9. The van der Waals surface area contributed by atoms with Crippen molar-refractivity contribution in [2.75, 3.05) is 0 Å². The van der Waals surface area contributed by atoms with Crippen molar-refractivity contribution in [1.29, 1.82) is 0 Å². The second-order valence-electron chi connectivity index (χ2n) is 28.1. The molecule has 6 heterocycles. The largest absolute Gasteiger partial charge is 3.00 e. The maximum atomic E-state index is 13.7. The molecule has 124 heavy (non-hydrogen) atoms. The summed E-state index contributed by atoms with van der Waals surface area (Å²) < 4.78 is 34.2. The number of pyridine rings is 1. The molecule has 6 aromatic heterocycles. The van der Waals surface area contributed by atoms with Gasteiger partial charge in [-0.15, -0.1) is 95.1 Å². The van der Waals surface area contributed by atoms with Gasteiger partial charge < -0.3 is 0 Å². The molecule has 0 saturated carbocycles. The van der Waals surface area contributed by atoms with Crippen LogP contribution in [0.5, 0.6) is 0 Å². The molecule has 604 valence electrons. The van der Waals surface area contributed by atoms with Crippen molar-refractivity contribution in [1.82, 2.24) is 54.1 Å². The zero-order chi connectivity index (χ0) is 83.6. The fourth-order valence-corrected chi connectivity index (χ4v) is 13.9. The van der Waals surface area contributed by atoms with Gasteiger partial charge in [0, 0.05) is 70.2 Å². The van der Waals surface area contributed by atoms with E-state index in [2.05, 4.69) is 263 Å². The number of benzene rings is 14. The summed E-state index contributed by atoms with van der Waals surface area (Å²) in [6.45, 7) is 8.30. The fourth-order valence-electron chi connectivity index (χ4n) is 13.9. The minimum absolute atomic E-state index is 0. The second-order valence-corrected chi connectivity index (χ2v) is 28.1. The van der Waals surface area contributed by atoms with E-state index in [1.807, 2.05) is 238 Å². The molecule has 0 fully saturated rings. The van der Waals surface area contributed by atoms with Crippen molar-refractivity contribution in [3.63, 3.8) is 0 Å². The average molecular weight is 1790 g/mol. The summed E-state index contributed by atoms with van der Waals surface area (Å²) in [7, 11) is 0. The SMILES string of the molecule is Cc1nn(-c2[c-]cccc2)c(C)c1-c1ccccc1.Cc1nn(-c2[c-]cccc2)c(C)c1-c1ccccc1.Fc1cnc(-c2[c-]ccc(-c3ccccc3)c2)c(F)c1.[Rh+3].[Rh+3].[c-]1ccc(-c2ccccc2)cc1-c1ncccn1.[c-]1ccccc1-n1cc(-c2ccc(-c3ccccc3)cc2)cn1.[c-]1ccccc1-n1cc(-c2ccc(-c3ccccc3)cc2)cn1. The van der Waals surface area contributed by atoms with E-state index in [-0.39, 0.29) is 44.6 Å². The summed E-state index contributed by atoms with van der Waals surface area (Å²) in [5.74, 6) is -0.674. The Labute approximate surface area is 748 Å². The summed E-state index contributed by atoms with van der Waals surface area (Å²) in [5, 5.41) is 18.1. The van der Waals surface area contributed by atoms with E-state index >= 15 is 0 Å². The summed E-state index contributed by atoms with van der Waals surface area (Å²) in [6, 6.07) is 143. The summed E-state index contributed by atoms with van der Waals surface area (Å²) in [6.07, 6.45) is 12.3. The average Bonchev–Trinajstić information content (AvgIpc) is 1.68. The third kappa shape index (κ3) is 22.4. The fraction of sp³-hybridized carbons (Fsp3) is 0.0367. The molecule has 0 aliphatic rings. The number of nitrogens with zero attached hydrogens (tertiary/aromatic N) is 11. The molecular formula is C109H81F2N11Rh2. The minimum Gasteiger partial charge on any atom is -0.299 e.